The second-order valence-corrected chi connectivity index (χ2v) is 5.09. The van der Waals surface area contributed by atoms with E-state index in [4.69, 9.17) is 0 Å². The molecule has 104 valence electrons. The second kappa shape index (κ2) is 7.94. The lowest BCUT2D eigenvalue weighted by atomic mass is 10.1. The molecule has 1 aromatic rings. The van der Waals surface area contributed by atoms with Gasteiger partial charge in [0.15, 0.2) is 0 Å². The molecule has 0 heterocycles. The summed E-state index contributed by atoms with van der Waals surface area (Å²) in [5.41, 5.74) is 1.60. The third-order valence-corrected chi connectivity index (χ3v) is 3.70. The van der Waals surface area contributed by atoms with Crippen molar-refractivity contribution in [1.29, 1.82) is 0 Å². The number of amides is 2. The molecule has 0 fully saturated rings. The van der Waals surface area contributed by atoms with Crippen LogP contribution in [-0.2, 0) is 4.79 Å². The highest BCUT2D eigenvalue weighted by molar-refractivity contribution is 9.10. The Hall–Kier alpha value is -1.36. The summed E-state index contributed by atoms with van der Waals surface area (Å²) in [6.45, 7) is 4.95. The van der Waals surface area contributed by atoms with Gasteiger partial charge in [-0.15, -0.1) is 0 Å². The van der Waals surface area contributed by atoms with Crippen molar-refractivity contribution in [1.82, 2.24) is 10.6 Å². The molecule has 1 rings (SSSR count). The van der Waals surface area contributed by atoms with E-state index in [1.807, 2.05) is 26.0 Å². The molecule has 0 spiro atoms. The monoisotopic (exact) mass is 326 g/mol. The van der Waals surface area contributed by atoms with E-state index in [0.29, 0.717) is 25.1 Å². The third kappa shape index (κ3) is 5.03. The van der Waals surface area contributed by atoms with Crippen molar-refractivity contribution in [2.75, 3.05) is 13.1 Å². The Labute approximate surface area is 122 Å². The van der Waals surface area contributed by atoms with Crippen LogP contribution in [0.1, 0.15) is 35.7 Å². The van der Waals surface area contributed by atoms with Gasteiger partial charge in [-0.05, 0) is 40.9 Å². The van der Waals surface area contributed by atoms with Crippen LogP contribution in [0.2, 0.25) is 0 Å². The quantitative estimate of drug-likeness (QED) is 0.843. The van der Waals surface area contributed by atoms with E-state index < -0.39 is 0 Å². The van der Waals surface area contributed by atoms with Gasteiger partial charge in [0, 0.05) is 24.0 Å². The van der Waals surface area contributed by atoms with Crippen molar-refractivity contribution in [3.05, 3.63) is 33.8 Å². The average Bonchev–Trinajstić information content (AvgIpc) is 2.39. The van der Waals surface area contributed by atoms with Crippen molar-refractivity contribution in [2.45, 2.75) is 26.7 Å². The predicted octanol–water partition coefficient (Wildman–Crippen LogP) is 2.40. The van der Waals surface area contributed by atoms with E-state index in [1.54, 1.807) is 6.07 Å². The Kier molecular flexibility index (Phi) is 6.56. The molecule has 0 atom stereocenters. The lowest BCUT2D eigenvalue weighted by molar-refractivity contribution is -0.120. The Balaban J connectivity index is 2.43. The zero-order valence-corrected chi connectivity index (χ0v) is 12.8. The summed E-state index contributed by atoms with van der Waals surface area (Å²) < 4.78 is 0.794. The summed E-state index contributed by atoms with van der Waals surface area (Å²) >= 11 is 3.40. The SMILES string of the molecule is CCCNC(=O)CCNC(=O)c1cccc(C)c1Br. The summed E-state index contributed by atoms with van der Waals surface area (Å²) in [6.07, 6.45) is 1.21. The van der Waals surface area contributed by atoms with Gasteiger partial charge >= 0.3 is 0 Å². The summed E-state index contributed by atoms with van der Waals surface area (Å²) in [5, 5.41) is 5.51. The summed E-state index contributed by atoms with van der Waals surface area (Å²) in [4.78, 5) is 23.3. The first-order valence-corrected chi connectivity index (χ1v) is 7.15. The van der Waals surface area contributed by atoms with E-state index in [2.05, 4.69) is 26.6 Å². The van der Waals surface area contributed by atoms with Crippen LogP contribution in [0, 0.1) is 6.92 Å². The van der Waals surface area contributed by atoms with Crippen LogP contribution < -0.4 is 10.6 Å². The topological polar surface area (TPSA) is 58.2 Å². The van der Waals surface area contributed by atoms with Crippen LogP contribution in [0.5, 0.6) is 0 Å². The molecule has 0 unspecified atom stereocenters. The lowest BCUT2D eigenvalue weighted by Crippen LogP contribution is -2.31. The lowest BCUT2D eigenvalue weighted by Gasteiger charge is -2.08. The normalized spacial score (nSPS) is 10.1. The van der Waals surface area contributed by atoms with Gasteiger partial charge in [0.25, 0.3) is 5.91 Å². The molecule has 0 saturated carbocycles. The number of benzene rings is 1. The fourth-order valence-corrected chi connectivity index (χ4v) is 2.00. The van der Waals surface area contributed by atoms with Crippen LogP contribution in [-0.4, -0.2) is 24.9 Å². The Morgan fingerprint density at radius 3 is 2.63 bits per heavy atom. The van der Waals surface area contributed by atoms with E-state index in [1.165, 1.54) is 0 Å². The number of carbonyl (C=O) groups is 2. The minimum Gasteiger partial charge on any atom is -0.356 e. The molecule has 1 aromatic carbocycles. The largest absolute Gasteiger partial charge is 0.356 e. The Bertz CT molecular complexity index is 461. The van der Waals surface area contributed by atoms with Gasteiger partial charge in [0.2, 0.25) is 5.91 Å². The van der Waals surface area contributed by atoms with E-state index in [9.17, 15) is 9.59 Å². The van der Waals surface area contributed by atoms with Crippen LogP contribution in [0.3, 0.4) is 0 Å². The van der Waals surface area contributed by atoms with Gasteiger partial charge in [-0.3, -0.25) is 9.59 Å². The molecule has 0 aliphatic rings. The van der Waals surface area contributed by atoms with Gasteiger partial charge in [0.1, 0.15) is 0 Å². The maximum atomic E-state index is 11.9. The van der Waals surface area contributed by atoms with E-state index in [0.717, 1.165) is 16.5 Å². The van der Waals surface area contributed by atoms with Gasteiger partial charge in [-0.1, -0.05) is 19.1 Å². The fourth-order valence-electron chi connectivity index (χ4n) is 1.56. The summed E-state index contributed by atoms with van der Waals surface area (Å²) in [6, 6.07) is 5.52. The van der Waals surface area contributed by atoms with Crippen molar-refractivity contribution in [2.24, 2.45) is 0 Å². The zero-order chi connectivity index (χ0) is 14.3. The second-order valence-electron chi connectivity index (χ2n) is 4.29. The first-order chi connectivity index (χ1) is 9.06. The van der Waals surface area contributed by atoms with Gasteiger partial charge < -0.3 is 10.6 Å². The molecule has 0 saturated heterocycles. The van der Waals surface area contributed by atoms with Crippen molar-refractivity contribution < 1.29 is 9.59 Å². The highest BCUT2D eigenvalue weighted by atomic mass is 79.9. The van der Waals surface area contributed by atoms with Gasteiger partial charge in [0.05, 0.1) is 5.56 Å². The van der Waals surface area contributed by atoms with Gasteiger partial charge in [-0.2, -0.15) is 0 Å². The Morgan fingerprint density at radius 1 is 1.21 bits per heavy atom. The van der Waals surface area contributed by atoms with E-state index in [-0.39, 0.29) is 11.8 Å². The number of rotatable bonds is 6. The highest BCUT2D eigenvalue weighted by Crippen LogP contribution is 2.20. The van der Waals surface area contributed by atoms with E-state index >= 15 is 0 Å². The molecule has 0 radical (unpaired) electrons. The minimum atomic E-state index is -0.168. The van der Waals surface area contributed by atoms with Crippen molar-refractivity contribution >= 4 is 27.7 Å². The molecule has 19 heavy (non-hydrogen) atoms. The number of halogens is 1. The van der Waals surface area contributed by atoms with Crippen LogP contribution in [0.25, 0.3) is 0 Å². The average molecular weight is 327 g/mol. The molecular formula is C14H19BrN2O2. The van der Waals surface area contributed by atoms with Crippen LogP contribution in [0.4, 0.5) is 0 Å². The molecule has 0 aliphatic heterocycles. The summed E-state index contributed by atoms with van der Waals surface area (Å²) in [7, 11) is 0. The maximum Gasteiger partial charge on any atom is 0.252 e. The number of nitrogens with one attached hydrogen (secondary N) is 2. The fraction of sp³-hybridized carbons (Fsp3) is 0.429. The highest BCUT2D eigenvalue weighted by Gasteiger charge is 2.11. The number of hydrogen-bond acceptors (Lipinski definition) is 2. The first-order valence-electron chi connectivity index (χ1n) is 6.36. The predicted molar refractivity (Wildman–Crippen MR) is 79.1 cm³/mol. The zero-order valence-electron chi connectivity index (χ0n) is 11.3. The molecule has 0 aromatic heterocycles. The third-order valence-electron chi connectivity index (χ3n) is 2.65. The molecule has 4 nitrogen and oxygen atoms in total. The molecule has 2 N–H and O–H groups in total. The number of aryl methyl sites for hydroxylation is 1. The molecule has 5 heteroatoms. The molecule has 0 aliphatic carbocycles. The maximum absolute atomic E-state index is 11.9. The molecular weight excluding hydrogens is 308 g/mol. The van der Waals surface area contributed by atoms with Crippen LogP contribution in [0.15, 0.2) is 22.7 Å². The molecule has 2 amide bonds. The van der Waals surface area contributed by atoms with Crippen LogP contribution >= 0.6 is 15.9 Å². The van der Waals surface area contributed by atoms with Gasteiger partial charge in [-0.25, -0.2) is 0 Å². The standard InChI is InChI=1S/C14H19BrN2O2/c1-3-8-16-12(18)7-9-17-14(19)11-6-4-5-10(2)13(11)15/h4-6H,3,7-9H2,1-2H3,(H,16,18)(H,17,19). The molecule has 0 bridgehead atoms. The Morgan fingerprint density at radius 2 is 1.95 bits per heavy atom. The number of carbonyl (C=O) groups excluding carboxylic acids is 2. The smallest absolute Gasteiger partial charge is 0.252 e. The number of hydrogen-bond donors (Lipinski definition) is 2. The first kappa shape index (κ1) is 15.7. The van der Waals surface area contributed by atoms with Crippen molar-refractivity contribution in [3.63, 3.8) is 0 Å². The summed E-state index contributed by atoms with van der Waals surface area (Å²) in [5.74, 6) is -0.204. The minimum absolute atomic E-state index is 0.0366. The van der Waals surface area contributed by atoms with Crippen molar-refractivity contribution in [3.8, 4) is 0 Å².